The van der Waals surface area contributed by atoms with Crippen LogP contribution in [0.5, 0.6) is 11.5 Å². The fourth-order valence-corrected chi connectivity index (χ4v) is 11.1. The van der Waals surface area contributed by atoms with Crippen molar-refractivity contribution >= 4 is 33.2 Å². The predicted molar refractivity (Wildman–Crippen MR) is 324 cm³/mol. The normalized spacial score (nSPS) is 13.9. The summed E-state index contributed by atoms with van der Waals surface area (Å²) in [7, 11) is 0. The van der Waals surface area contributed by atoms with E-state index >= 15 is 0 Å². The number of allylic oxidation sites excluding steroid dienone is 2. The van der Waals surface area contributed by atoms with Gasteiger partial charge in [0, 0.05) is 77.6 Å². The van der Waals surface area contributed by atoms with Crippen LogP contribution in [0.15, 0.2) is 181 Å². The van der Waals surface area contributed by atoms with Crippen LogP contribution >= 0.6 is 0 Å². The molecule has 0 N–H and O–H groups in total. The van der Waals surface area contributed by atoms with Crippen molar-refractivity contribution in [2.24, 2.45) is 10.8 Å². The van der Waals surface area contributed by atoms with E-state index in [1.165, 1.54) is 44.8 Å². The molecule has 0 amide bonds. The van der Waals surface area contributed by atoms with Gasteiger partial charge < -0.3 is 19.1 Å². The Hall–Kier alpha value is -6.68. The van der Waals surface area contributed by atoms with Gasteiger partial charge in [-0.2, -0.15) is 6.07 Å². The molecule has 1 aliphatic rings. The third-order valence-electron chi connectivity index (χ3n) is 15.8. The first-order chi connectivity index (χ1) is 36.2. The predicted octanol–water partition coefficient (Wildman–Crippen LogP) is 19.2. The molecule has 0 fully saturated rings. The second kappa shape index (κ2) is 20.5. The molecular weight excluding hydrogens is 1130 g/mol. The van der Waals surface area contributed by atoms with E-state index in [9.17, 15) is 0 Å². The largest absolute Gasteiger partial charge is 0.509 e. The molecule has 0 saturated heterocycles. The van der Waals surface area contributed by atoms with Gasteiger partial charge in [0.15, 0.2) is 0 Å². The maximum atomic E-state index is 7.19. The Bertz CT molecular complexity index is 3640. The van der Waals surface area contributed by atoms with Crippen LogP contribution in [0.25, 0.3) is 38.8 Å². The van der Waals surface area contributed by atoms with E-state index < -0.39 is 5.41 Å². The van der Waals surface area contributed by atoms with Crippen molar-refractivity contribution in [2.75, 3.05) is 9.80 Å². The summed E-state index contributed by atoms with van der Waals surface area (Å²) in [5, 5.41) is 2.18. The number of hydrogen-bond acceptors (Lipinski definition) is 4. The van der Waals surface area contributed by atoms with E-state index in [2.05, 4.69) is 308 Å². The first-order valence-corrected chi connectivity index (χ1v) is 27.4. The van der Waals surface area contributed by atoms with E-state index in [4.69, 9.17) is 9.72 Å². The van der Waals surface area contributed by atoms with Gasteiger partial charge in [-0.15, -0.1) is 53.6 Å². The fourth-order valence-electron chi connectivity index (χ4n) is 11.1. The van der Waals surface area contributed by atoms with Crippen LogP contribution in [0, 0.1) is 29.6 Å². The standard InChI is InChI=1S/C72H77N4O.Pt/c1-67(2,3)53-39-54(68(4,5)6)41-56(40-53)74-47-75(66(70(10,11)12)65(74)69(7,8)9)57-42-55(72(15,16)51-30-24-19-25-31-51)43-59(45-57)77-58-33-34-60-61-38-49(48-26-20-17-21-27-48)32-35-62(61)76(63(60)46-58)64-44-52(36-37-73-64)71(13,14)50-28-22-18-23-29-50;/h17-44,47H,1-16H3;/q-3;. The molecule has 0 radical (unpaired) electrons. The van der Waals surface area contributed by atoms with Crippen molar-refractivity contribution in [1.29, 1.82) is 0 Å². The average Bonchev–Trinajstić information content (AvgIpc) is 4.21. The van der Waals surface area contributed by atoms with Crippen molar-refractivity contribution in [3.63, 3.8) is 0 Å². The van der Waals surface area contributed by atoms with Crippen LogP contribution in [0.1, 0.15) is 144 Å². The van der Waals surface area contributed by atoms with Crippen LogP contribution in [0.3, 0.4) is 0 Å². The number of aromatic nitrogens is 2. The number of nitrogens with zero attached hydrogens (tertiary/aromatic N) is 4. The van der Waals surface area contributed by atoms with Crippen molar-refractivity contribution in [3.05, 3.63) is 234 Å². The smallest absolute Gasteiger partial charge is 0.135 e. The number of anilines is 2. The molecule has 78 heavy (non-hydrogen) atoms. The Labute approximate surface area is 480 Å². The molecule has 9 aromatic rings. The molecule has 7 aromatic carbocycles. The molecule has 0 aliphatic carbocycles. The van der Waals surface area contributed by atoms with E-state index in [1.54, 1.807) is 0 Å². The fraction of sp³-hybridized carbons (Fsp3) is 0.306. The number of fused-ring (bicyclic) bond motifs is 3. The molecule has 2 aromatic heterocycles. The monoisotopic (exact) mass is 1210 g/mol. The SMILES string of the molecule is CC(C)(C)C1=C(C(C)(C)C)N(c2cc(C(C)(C)C)cc(C(C)(C)C)c2)[CH-]N1c1[c-]c(Oc2[c-]c3c(cc2)c2cc(-c4ccccc4)ccc2n3-c2cc(C(C)(C)c3ccccc3)ccn2)cc(C(C)(C)c2ccccc2)c1.[Pt]. The zero-order chi connectivity index (χ0) is 55.0. The third-order valence-corrected chi connectivity index (χ3v) is 15.8. The minimum Gasteiger partial charge on any atom is -0.509 e. The molecule has 404 valence electrons. The van der Waals surface area contributed by atoms with Crippen molar-refractivity contribution in [2.45, 2.75) is 132 Å². The van der Waals surface area contributed by atoms with Gasteiger partial charge in [0.2, 0.25) is 0 Å². The van der Waals surface area contributed by atoms with E-state index in [-0.39, 0.29) is 48.1 Å². The Kier molecular flexibility index (Phi) is 14.7. The van der Waals surface area contributed by atoms with E-state index in [0.717, 1.165) is 50.1 Å². The van der Waals surface area contributed by atoms with Gasteiger partial charge in [0.25, 0.3) is 0 Å². The molecule has 0 saturated carbocycles. The number of ether oxygens (including phenoxy) is 1. The Morgan fingerprint density at radius 3 is 1.54 bits per heavy atom. The molecule has 0 bridgehead atoms. The first kappa shape index (κ1) is 56.1. The van der Waals surface area contributed by atoms with Crippen molar-refractivity contribution < 1.29 is 25.8 Å². The Morgan fingerprint density at radius 1 is 0.423 bits per heavy atom. The van der Waals surface area contributed by atoms with Gasteiger partial charge in [0.1, 0.15) is 5.82 Å². The summed E-state index contributed by atoms with van der Waals surface area (Å²) in [5.74, 6) is 2.02. The molecule has 1 aliphatic heterocycles. The second-order valence-electron chi connectivity index (χ2n) is 26.4. The molecule has 3 heterocycles. The number of pyridine rings is 1. The molecule has 10 rings (SSSR count). The van der Waals surface area contributed by atoms with Gasteiger partial charge >= 0.3 is 0 Å². The van der Waals surface area contributed by atoms with Crippen molar-refractivity contribution in [1.82, 2.24) is 9.55 Å². The Balaban J connectivity index is 0.00000740. The third kappa shape index (κ3) is 10.8. The summed E-state index contributed by atoms with van der Waals surface area (Å²) in [5.41, 5.74) is 14.9. The summed E-state index contributed by atoms with van der Waals surface area (Å²) >= 11 is 0. The molecular formula is C72H77N4OPt-3. The summed E-state index contributed by atoms with van der Waals surface area (Å²) < 4.78 is 9.44. The average molecular weight is 1210 g/mol. The summed E-state index contributed by atoms with van der Waals surface area (Å²) in [6.07, 6.45) is 1.94. The summed E-state index contributed by atoms with van der Waals surface area (Å²) in [6, 6.07) is 66.9. The quantitative estimate of drug-likeness (QED) is 0.128. The van der Waals surface area contributed by atoms with Crippen LogP contribution in [0.2, 0.25) is 0 Å². The van der Waals surface area contributed by atoms with Crippen molar-refractivity contribution in [3.8, 4) is 28.4 Å². The zero-order valence-corrected chi connectivity index (χ0v) is 51.0. The summed E-state index contributed by atoms with van der Waals surface area (Å²) in [6.45, 7) is 39.4. The topological polar surface area (TPSA) is 33.5 Å². The van der Waals surface area contributed by atoms with Gasteiger partial charge in [0.05, 0.1) is 0 Å². The molecule has 6 heteroatoms. The maximum Gasteiger partial charge on any atom is 0.135 e. The number of benzene rings is 7. The molecule has 0 unspecified atom stereocenters. The minimum absolute atomic E-state index is 0. The molecule has 5 nitrogen and oxygen atoms in total. The van der Waals surface area contributed by atoms with Gasteiger partial charge in [-0.05, 0) is 90.9 Å². The number of hydrogen-bond donors (Lipinski definition) is 0. The van der Waals surface area contributed by atoms with Crippen LogP contribution < -0.4 is 14.5 Å². The van der Waals surface area contributed by atoms with Crippen LogP contribution in [-0.2, 0) is 42.7 Å². The Morgan fingerprint density at radius 2 is 0.974 bits per heavy atom. The van der Waals surface area contributed by atoms with Gasteiger partial charge in [-0.25, -0.2) is 4.98 Å². The zero-order valence-electron chi connectivity index (χ0n) is 48.8. The van der Waals surface area contributed by atoms with Crippen LogP contribution in [-0.4, -0.2) is 9.55 Å². The van der Waals surface area contributed by atoms with E-state index in [1.807, 2.05) is 6.20 Å². The molecule has 0 atom stereocenters. The number of rotatable bonds is 10. The second-order valence-corrected chi connectivity index (χ2v) is 26.4. The van der Waals surface area contributed by atoms with Gasteiger partial charge in [-0.3, -0.25) is 0 Å². The first-order valence-electron chi connectivity index (χ1n) is 27.4. The van der Waals surface area contributed by atoms with E-state index in [0.29, 0.717) is 11.5 Å². The van der Waals surface area contributed by atoms with Crippen LogP contribution in [0.4, 0.5) is 11.4 Å². The summed E-state index contributed by atoms with van der Waals surface area (Å²) in [4.78, 5) is 9.95. The van der Waals surface area contributed by atoms with Gasteiger partial charge in [-0.1, -0.05) is 225 Å². The molecule has 0 spiro atoms. The minimum atomic E-state index is -0.398. The maximum absolute atomic E-state index is 7.19.